The topological polar surface area (TPSA) is 78.4 Å². The number of aliphatic imine (C=N–C) groups is 1. The van der Waals surface area contributed by atoms with E-state index >= 15 is 0 Å². The lowest BCUT2D eigenvalue weighted by molar-refractivity contribution is 0.0792. The standard InChI is InChI=1S/C25H36N4O3/c1-19(32-24-6-4-5-23(15-24)31-3)16-27-25(26-2)28-17-20-7-9-21(10-8-20)18-29-13-11-22(30)12-14-29/h4-10,15,19,22,30H,11-14,16-18H2,1-3H3,(H2,26,27,28). The highest BCUT2D eigenvalue weighted by Crippen LogP contribution is 2.19. The number of hydrogen-bond donors (Lipinski definition) is 3. The Balaban J connectivity index is 1.39. The second kappa shape index (κ2) is 12.3. The minimum atomic E-state index is -0.126. The average molecular weight is 441 g/mol. The van der Waals surface area contributed by atoms with Crippen LogP contribution in [-0.2, 0) is 13.1 Å². The van der Waals surface area contributed by atoms with Crippen LogP contribution in [0.4, 0.5) is 0 Å². The lowest BCUT2D eigenvalue weighted by atomic mass is 10.1. The number of ether oxygens (including phenoxy) is 2. The van der Waals surface area contributed by atoms with Crippen LogP contribution in [0.5, 0.6) is 11.5 Å². The SMILES string of the molecule is CN=C(NCc1ccc(CN2CCC(O)CC2)cc1)NCC(C)Oc1cccc(OC)c1. The molecule has 7 heteroatoms. The van der Waals surface area contributed by atoms with Crippen LogP contribution in [-0.4, -0.2) is 62.0 Å². The van der Waals surface area contributed by atoms with E-state index in [-0.39, 0.29) is 12.2 Å². The van der Waals surface area contributed by atoms with E-state index in [4.69, 9.17) is 9.47 Å². The third-order valence-corrected chi connectivity index (χ3v) is 5.61. The number of likely N-dealkylation sites (tertiary alicyclic amines) is 1. The molecule has 3 N–H and O–H groups in total. The minimum Gasteiger partial charge on any atom is -0.497 e. The van der Waals surface area contributed by atoms with E-state index < -0.39 is 0 Å². The fourth-order valence-electron chi connectivity index (χ4n) is 3.69. The number of piperidine rings is 1. The predicted molar refractivity (Wildman–Crippen MR) is 128 cm³/mol. The molecule has 0 amide bonds. The van der Waals surface area contributed by atoms with Gasteiger partial charge in [0.25, 0.3) is 0 Å². The van der Waals surface area contributed by atoms with Gasteiger partial charge in [-0.25, -0.2) is 0 Å². The molecule has 2 aromatic carbocycles. The van der Waals surface area contributed by atoms with Crippen molar-refractivity contribution < 1.29 is 14.6 Å². The molecule has 1 fully saturated rings. The van der Waals surface area contributed by atoms with E-state index in [0.717, 1.165) is 49.9 Å². The number of nitrogens with one attached hydrogen (secondary N) is 2. The highest BCUT2D eigenvalue weighted by Gasteiger charge is 2.16. The zero-order chi connectivity index (χ0) is 22.8. The van der Waals surface area contributed by atoms with Gasteiger partial charge in [-0.05, 0) is 43.0 Å². The Hall–Kier alpha value is -2.77. The maximum atomic E-state index is 9.65. The second-order valence-electron chi connectivity index (χ2n) is 8.24. The van der Waals surface area contributed by atoms with Gasteiger partial charge in [0.15, 0.2) is 5.96 Å². The molecular formula is C25H36N4O3. The number of aliphatic hydroxyl groups excluding tert-OH is 1. The summed E-state index contributed by atoms with van der Waals surface area (Å²) in [7, 11) is 3.41. The van der Waals surface area contributed by atoms with Gasteiger partial charge in [0.1, 0.15) is 17.6 Å². The van der Waals surface area contributed by atoms with Crippen LogP contribution in [0.2, 0.25) is 0 Å². The van der Waals surface area contributed by atoms with Crippen molar-refractivity contribution in [3.63, 3.8) is 0 Å². The summed E-state index contributed by atoms with van der Waals surface area (Å²) < 4.78 is 11.2. The molecule has 1 saturated heterocycles. The molecule has 0 aliphatic carbocycles. The molecule has 2 aromatic rings. The molecule has 32 heavy (non-hydrogen) atoms. The molecule has 174 valence electrons. The Labute approximate surface area is 191 Å². The maximum absolute atomic E-state index is 9.65. The number of nitrogens with zero attached hydrogens (tertiary/aromatic N) is 2. The second-order valence-corrected chi connectivity index (χ2v) is 8.24. The van der Waals surface area contributed by atoms with Gasteiger partial charge in [-0.15, -0.1) is 0 Å². The number of aliphatic hydroxyl groups is 1. The summed E-state index contributed by atoms with van der Waals surface area (Å²) in [5.74, 6) is 2.30. The molecular weight excluding hydrogens is 404 g/mol. The molecule has 0 aromatic heterocycles. The molecule has 1 heterocycles. The van der Waals surface area contributed by atoms with Gasteiger partial charge in [-0.3, -0.25) is 9.89 Å². The van der Waals surface area contributed by atoms with E-state index in [0.29, 0.717) is 13.1 Å². The Morgan fingerprint density at radius 2 is 1.78 bits per heavy atom. The Bertz CT molecular complexity index is 849. The quantitative estimate of drug-likeness (QED) is 0.411. The minimum absolute atomic E-state index is 0.0316. The first-order valence-corrected chi connectivity index (χ1v) is 11.3. The van der Waals surface area contributed by atoms with Crippen LogP contribution in [0.25, 0.3) is 0 Å². The van der Waals surface area contributed by atoms with Crippen molar-refractivity contribution in [2.75, 3.05) is 33.8 Å². The number of benzene rings is 2. The van der Waals surface area contributed by atoms with E-state index in [9.17, 15) is 5.11 Å². The summed E-state index contributed by atoms with van der Waals surface area (Å²) in [6, 6.07) is 16.3. The van der Waals surface area contributed by atoms with Gasteiger partial charge in [0, 0.05) is 39.3 Å². The van der Waals surface area contributed by atoms with Crippen LogP contribution in [0.1, 0.15) is 30.9 Å². The summed E-state index contributed by atoms with van der Waals surface area (Å²) in [6.45, 7) is 6.20. The molecule has 7 nitrogen and oxygen atoms in total. The van der Waals surface area contributed by atoms with Crippen molar-refractivity contribution in [1.29, 1.82) is 0 Å². The number of guanidine groups is 1. The fraction of sp³-hybridized carbons (Fsp3) is 0.480. The molecule has 1 aliphatic heterocycles. The Morgan fingerprint density at radius 3 is 2.47 bits per heavy atom. The van der Waals surface area contributed by atoms with E-state index in [1.54, 1.807) is 14.2 Å². The van der Waals surface area contributed by atoms with Crippen molar-refractivity contribution >= 4 is 5.96 Å². The fourth-order valence-corrected chi connectivity index (χ4v) is 3.69. The van der Waals surface area contributed by atoms with Gasteiger partial charge in [-0.2, -0.15) is 0 Å². The van der Waals surface area contributed by atoms with Crippen molar-refractivity contribution in [2.24, 2.45) is 4.99 Å². The first-order valence-electron chi connectivity index (χ1n) is 11.3. The summed E-state index contributed by atoms with van der Waals surface area (Å²) in [6.07, 6.45) is 1.59. The highest BCUT2D eigenvalue weighted by atomic mass is 16.5. The van der Waals surface area contributed by atoms with Gasteiger partial charge < -0.3 is 25.2 Å². The van der Waals surface area contributed by atoms with Crippen LogP contribution >= 0.6 is 0 Å². The third kappa shape index (κ3) is 7.73. The zero-order valence-corrected chi connectivity index (χ0v) is 19.4. The first kappa shape index (κ1) is 23.9. The summed E-state index contributed by atoms with van der Waals surface area (Å²) in [5, 5.41) is 16.3. The largest absolute Gasteiger partial charge is 0.497 e. The summed E-state index contributed by atoms with van der Waals surface area (Å²) >= 11 is 0. The Kier molecular flexibility index (Phi) is 9.19. The monoisotopic (exact) mass is 440 g/mol. The lowest BCUT2D eigenvalue weighted by Gasteiger charge is -2.29. The molecule has 0 bridgehead atoms. The van der Waals surface area contributed by atoms with Gasteiger partial charge in [-0.1, -0.05) is 30.3 Å². The smallest absolute Gasteiger partial charge is 0.191 e. The van der Waals surface area contributed by atoms with Crippen molar-refractivity contribution in [1.82, 2.24) is 15.5 Å². The normalized spacial score (nSPS) is 16.4. The maximum Gasteiger partial charge on any atom is 0.191 e. The van der Waals surface area contributed by atoms with E-state index in [2.05, 4.69) is 44.8 Å². The number of hydrogen-bond acceptors (Lipinski definition) is 5. The number of methoxy groups -OCH3 is 1. The van der Waals surface area contributed by atoms with Crippen molar-refractivity contribution in [3.05, 3.63) is 59.7 Å². The van der Waals surface area contributed by atoms with Crippen LogP contribution < -0.4 is 20.1 Å². The van der Waals surface area contributed by atoms with Gasteiger partial charge >= 0.3 is 0 Å². The molecule has 3 rings (SSSR count). The molecule has 1 aliphatic rings. The highest BCUT2D eigenvalue weighted by molar-refractivity contribution is 5.79. The zero-order valence-electron chi connectivity index (χ0n) is 19.4. The van der Waals surface area contributed by atoms with Crippen molar-refractivity contribution in [3.8, 4) is 11.5 Å². The van der Waals surface area contributed by atoms with E-state index in [1.807, 2.05) is 31.2 Å². The van der Waals surface area contributed by atoms with Gasteiger partial charge in [0.2, 0.25) is 0 Å². The third-order valence-electron chi connectivity index (χ3n) is 5.61. The average Bonchev–Trinajstić information content (AvgIpc) is 2.82. The van der Waals surface area contributed by atoms with Crippen LogP contribution in [0.15, 0.2) is 53.5 Å². The summed E-state index contributed by atoms with van der Waals surface area (Å²) in [5.41, 5.74) is 2.50. The molecule has 0 radical (unpaired) electrons. The first-order chi connectivity index (χ1) is 15.6. The number of rotatable bonds is 9. The Morgan fingerprint density at radius 1 is 1.09 bits per heavy atom. The van der Waals surface area contributed by atoms with Gasteiger partial charge in [0.05, 0.1) is 19.8 Å². The van der Waals surface area contributed by atoms with Crippen LogP contribution in [0.3, 0.4) is 0 Å². The van der Waals surface area contributed by atoms with E-state index in [1.165, 1.54) is 11.1 Å². The molecule has 0 saturated carbocycles. The predicted octanol–water partition coefficient (Wildman–Crippen LogP) is 2.78. The van der Waals surface area contributed by atoms with Crippen LogP contribution in [0, 0.1) is 0 Å². The van der Waals surface area contributed by atoms with Crippen molar-refractivity contribution in [2.45, 2.75) is 45.1 Å². The molecule has 1 unspecified atom stereocenters. The summed E-state index contributed by atoms with van der Waals surface area (Å²) in [4.78, 5) is 6.71. The lowest BCUT2D eigenvalue weighted by Crippen LogP contribution is -2.41. The molecule has 1 atom stereocenters. The molecule has 0 spiro atoms.